The van der Waals surface area contributed by atoms with Crippen molar-refractivity contribution in [3.8, 4) is 0 Å². The lowest BCUT2D eigenvalue weighted by atomic mass is 10.0. The maximum atomic E-state index is 11.8. The molecule has 0 aromatic heterocycles. The molecule has 0 heterocycles. The molecule has 4 N–H and O–H groups in total. The Morgan fingerprint density at radius 1 is 1.37 bits per heavy atom. The molecule has 1 rings (SSSR count). The molecule has 19 heavy (non-hydrogen) atoms. The first-order chi connectivity index (χ1) is 9.05. The first kappa shape index (κ1) is 15.7. The number of nitrogens with two attached hydrogens (primary N) is 1. The predicted octanol–water partition coefficient (Wildman–Crippen LogP) is 3.31. The van der Waals surface area contributed by atoms with Crippen LogP contribution in [0, 0.1) is 0 Å². The van der Waals surface area contributed by atoms with E-state index in [2.05, 4.69) is 30.7 Å². The van der Waals surface area contributed by atoms with E-state index in [4.69, 9.17) is 5.73 Å². The van der Waals surface area contributed by atoms with Crippen LogP contribution in [0.4, 0.5) is 16.2 Å². The van der Waals surface area contributed by atoms with Crippen LogP contribution in [0.1, 0.15) is 26.7 Å². The Hall–Kier alpha value is -1.36. The van der Waals surface area contributed by atoms with Crippen LogP contribution in [0.2, 0.25) is 0 Å². The number of anilines is 2. The van der Waals surface area contributed by atoms with Gasteiger partial charge in [-0.05, 0) is 37.3 Å². The van der Waals surface area contributed by atoms with Gasteiger partial charge < -0.3 is 16.4 Å². The van der Waals surface area contributed by atoms with Gasteiger partial charge >= 0.3 is 6.03 Å². The lowest BCUT2D eigenvalue weighted by Crippen LogP contribution is -2.41. The van der Waals surface area contributed by atoms with Gasteiger partial charge in [-0.25, -0.2) is 4.79 Å². The minimum atomic E-state index is -0.189. The number of hydrogen-bond acceptors (Lipinski definition) is 3. The van der Waals surface area contributed by atoms with Gasteiger partial charge in [0.2, 0.25) is 0 Å². The Morgan fingerprint density at radius 3 is 2.58 bits per heavy atom. The molecule has 0 bridgehead atoms. The van der Waals surface area contributed by atoms with Gasteiger partial charge in [-0.3, -0.25) is 0 Å². The van der Waals surface area contributed by atoms with Gasteiger partial charge in [0.25, 0.3) is 0 Å². The van der Waals surface area contributed by atoms with Crippen LogP contribution in [0.25, 0.3) is 0 Å². The number of thioether (sulfide) groups is 1. The number of amides is 2. The fourth-order valence-electron chi connectivity index (χ4n) is 1.89. The third kappa shape index (κ3) is 4.67. The monoisotopic (exact) mass is 281 g/mol. The first-order valence-corrected chi connectivity index (χ1v) is 7.73. The van der Waals surface area contributed by atoms with Crippen molar-refractivity contribution in [2.75, 3.05) is 23.9 Å². The molecule has 0 aliphatic heterocycles. The van der Waals surface area contributed by atoms with Gasteiger partial charge in [0.05, 0.1) is 0 Å². The van der Waals surface area contributed by atoms with Crippen molar-refractivity contribution in [3.63, 3.8) is 0 Å². The average Bonchev–Trinajstić information content (AvgIpc) is 2.41. The molecule has 0 saturated carbocycles. The van der Waals surface area contributed by atoms with Crippen molar-refractivity contribution < 1.29 is 4.79 Å². The van der Waals surface area contributed by atoms with Crippen LogP contribution in [0.15, 0.2) is 24.3 Å². The van der Waals surface area contributed by atoms with Crippen LogP contribution in [-0.4, -0.2) is 23.6 Å². The smallest absolute Gasteiger partial charge is 0.319 e. The number of hydrogen-bond donors (Lipinski definition) is 3. The maximum Gasteiger partial charge on any atom is 0.319 e. The zero-order valence-electron chi connectivity index (χ0n) is 11.8. The van der Waals surface area contributed by atoms with Gasteiger partial charge in [0.15, 0.2) is 0 Å². The van der Waals surface area contributed by atoms with Gasteiger partial charge in [-0.1, -0.05) is 19.9 Å². The first-order valence-electron chi connectivity index (χ1n) is 6.50. The van der Waals surface area contributed by atoms with Crippen LogP contribution in [0.3, 0.4) is 0 Å². The molecular formula is C14H23N3OS. The van der Waals surface area contributed by atoms with Gasteiger partial charge in [-0.15, -0.1) is 0 Å². The van der Waals surface area contributed by atoms with Crippen LogP contribution in [0.5, 0.6) is 0 Å². The highest BCUT2D eigenvalue weighted by molar-refractivity contribution is 8.00. The molecule has 4 nitrogen and oxygen atoms in total. The van der Waals surface area contributed by atoms with E-state index < -0.39 is 0 Å². The molecule has 0 unspecified atom stereocenters. The second-order valence-electron chi connectivity index (χ2n) is 4.53. The fourth-order valence-corrected chi connectivity index (χ4v) is 2.69. The molecule has 0 fully saturated rings. The number of nitrogen functional groups attached to an aromatic ring is 1. The Balaban J connectivity index is 2.52. The summed E-state index contributed by atoms with van der Waals surface area (Å²) in [5.41, 5.74) is 7.01. The van der Waals surface area contributed by atoms with Crippen LogP contribution >= 0.6 is 11.8 Å². The Labute approximate surface area is 119 Å². The summed E-state index contributed by atoms with van der Waals surface area (Å²) in [6.07, 6.45) is 4.15. The van der Waals surface area contributed by atoms with E-state index in [0.29, 0.717) is 17.9 Å². The highest BCUT2D eigenvalue weighted by Crippen LogP contribution is 2.29. The average molecular weight is 281 g/mol. The van der Waals surface area contributed by atoms with Crippen molar-refractivity contribution in [3.05, 3.63) is 24.3 Å². The topological polar surface area (TPSA) is 67.2 Å². The molecule has 2 amide bonds. The number of benzene rings is 1. The molecule has 1 aromatic carbocycles. The van der Waals surface area contributed by atoms with Crippen molar-refractivity contribution in [1.29, 1.82) is 0 Å². The Bertz CT molecular complexity index is 411. The number of carbonyl (C=O) groups excluding carboxylic acids is 1. The van der Waals surface area contributed by atoms with E-state index in [0.717, 1.165) is 12.8 Å². The molecule has 106 valence electrons. The van der Waals surface area contributed by atoms with Gasteiger partial charge in [0, 0.05) is 22.7 Å². The van der Waals surface area contributed by atoms with Gasteiger partial charge in [0.1, 0.15) is 0 Å². The summed E-state index contributed by atoms with van der Waals surface area (Å²) < 4.78 is 0.118. The summed E-state index contributed by atoms with van der Waals surface area (Å²) in [6.45, 7) is 4.96. The molecule has 0 spiro atoms. The third-order valence-corrected chi connectivity index (χ3v) is 5.03. The van der Waals surface area contributed by atoms with Crippen molar-refractivity contribution in [2.45, 2.75) is 31.4 Å². The number of rotatable bonds is 6. The highest BCUT2D eigenvalue weighted by Gasteiger charge is 2.25. The predicted molar refractivity (Wildman–Crippen MR) is 84.7 cm³/mol. The second kappa shape index (κ2) is 7.28. The number of urea groups is 1. The summed E-state index contributed by atoms with van der Waals surface area (Å²) >= 11 is 1.81. The Kier molecular flexibility index (Phi) is 6.02. The minimum absolute atomic E-state index is 0.118. The van der Waals surface area contributed by atoms with E-state index in [1.165, 1.54) is 0 Å². The highest BCUT2D eigenvalue weighted by atomic mass is 32.2. The third-order valence-electron chi connectivity index (χ3n) is 3.44. The standard InChI is InChI=1S/C14H23N3OS/c1-4-14(5-2,19-3)10-16-13(18)17-12-8-6-7-11(15)9-12/h6-9H,4-5,10,15H2,1-3H3,(H2,16,17,18). The normalized spacial score (nSPS) is 11.1. The van der Waals surface area contributed by atoms with Gasteiger partial charge in [-0.2, -0.15) is 11.8 Å². The minimum Gasteiger partial charge on any atom is -0.399 e. The van der Waals surface area contributed by atoms with Crippen molar-refractivity contribution in [2.24, 2.45) is 0 Å². The van der Waals surface area contributed by atoms with Crippen molar-refractivity contribution >= 4 is 29.2 Å². The van der Waals surface area contributed by atoms with E-state index in [-0.39, 0.29) is 10.8 Å². The van der Waals surface area contributed by atoms with Crippen molar-refractivity contribution in [1.82, 2.24) is 5.32 Å². The maximum absolute atomic E-state index is 11.8. The fraction of sp³-hybridized carbons (Fsp3) is 0.500. The molecule has 5 heteroatoms. The van der Waals surface area contributed by atoms with E-state index in [1.54, 1.807) is 23.9 Å². The van der Waals surface area contributed by atoms with Crippen LogP contribution in [-0.2, 0) is 0 Å². The molecule has 0 radical (unpaired) electrons. The largest absolute Gasteiger partial charge is 0.399 e. The van der Waals surface area contributed by atoms with E-state index >= 15 is 0 Å². The number of nitrogens with one attached hydrogen (secondary N) is 2. The summed E-state index contributed by atoms with van der Waals surface area (Å²) in [5, 5.41) is 5.72. The molecule has 0 aliphatic rings. The molecule has 0 aliphatic carbocycles. The van der Waals surface area contributed by atoms with E-state index in [1.807, 2.05) is 12.1 Å². The second-order valence-corrected chi connectivity index (χ2v) is 5.80. The van der Waals surface area contributed by atoms with Crippen LogP contribution < -0.4 is 16.4 Å². The summed E-state index contributed by atoms with van der Waals surface area (Å²) in [6, 6.07) is 6.97. The molecule has 1 aromatic rings. The zero-order valence-corrected chi connectivity index (χ0v) is 12.6. The van der Waals surface area contributed by atoms with E-state index in [9.17, 15) is 4.79 Å². The summed E-state index contributed by atoms with van der Waals surface area (Å²) in [7, 11) is 0. The summed E-state index contributed by atoms with van der Waals surface area (Å²) in [5.74, 6) is 0. The molecular weight excluding hydrogens is 258 g/mol. The SMILES string of the molecule is CCC(CC)(CNC(=O)Nc1cccc(N)c1)SC. The molecule has 0 atom stereocenters. The lowest BCUT2D eigenvalue weighted by molar-refractivity contribution is 0.250. The quantitative estimate of drug-likeness (QED) is 0.701. The zero-order chi connectivity index (χ0) is 14.3. The Morgan fingerprint density at radius 2 is 2.05 bits per heavy atom. The summed E-state index contributed by atoms with van der Waals surface area (Å²) in [4.78, 5) is 11.8. The number of carbonyl (C=O) groups is 1. The lowest BCUT2D eigenvalue weighted by Gasteiger charge is -2.29. The molecule has 0 saturated heterocycles.